The number of amides is 2. The first-order valence-electron chi connectivity index (χ1n) is 10.9. The van der Waals surface area contributed by atoms with Crippen LogP contribution in [0.15, 0.2) is 48.5 Å². The van der Waals surface area contributed by atoms with Crippen molar-refractivity contribution in [2.75, 3.05) is 13.2 Å². The maximum atomic E-state index is 12.4. The lowest BCUT2D eigenvalue weighted by Gasteiger charge is -2.23. The van der Waals surface area contributed by atoms with Gasteiger partial charge >= 0.3 is 12.1 Å². The number of aliphatic carboxylic acids is 1. The Morgan fingerprint density at radius 1 is 0.969 bits per heavy atom. The molecule has 2 aromatic carbocycles. The van der Waals surface area contributed by atoms with Crippen molar-refractivity contribution in [3.8, 4) is 11.1 Å². The summed E-state index contributed by atoms with van der Waals surface area (Å²) in [5.74, 6) is -1.84. The monoisotopic (exact) mass is 438 g/mol. The fraction of sp³-hybridized carbons (Fsp3) is 0.400. The molecule has 7 heteroatoms. The number of benzene rings is 2. The number of carboxylic acid groups (broad SMARTS) is 1. The molecule has 0 saturated heterocycles. The van der Waals surface area contributed by atoms with Gasteiger partial charge in [-0.3, -0.25) is 9.59 Å². The molecule has 0 spiro atoms. The van der Waals surface area contributed by atoms with Gasteiger partial charge < -0.3 is 20.5 Å². The minimum absolute atomic E-state index is 0.0164. The smallest absolute Gasteiger partial charge is 0.407 e. The third-order valence-corrected chi connectivity index (χ3v) is 5.87. The summed E-state index contributed by atoms with van der Waals surface area (Å²) in [5, 5.41) is 14.4. The number of carbonyl (C=O) groups is 3. The maximum Gasteiger partial charge on any atom is 0.407 e. The lowest BCUT2D eigenvalue weighted by molar-refractivity contribution is -0.138. The Labute approximate surface area is 188 Å². The van der Waals surface area contributed by atoms with Crippen molar-refractivity contribution >= 4 is 18.0 Å². The first kappa shape index (κ1) is 23.3. The second-order valence-corrected chi connectivity index (χ2v) is 8.56. The molecule has 3 N–H and O–H groups in total. The molecule has 3 rings (SSSR count). The van der Waals surface area contributed by atoms with E-state index in [9.17, 15) is 14.4 Å². The number of fused-ring (bicyclic) bond motifs is 3. The first-order valence-corrected chi connectivity index (χ1v) is 10.9. The van der Waals surface area contributed by atoms with Gasteiger partial charge in [-0.1, -0.05) is 69.3 Å². The van der Waals surface area contributed by atoms with Crippen molar-refractivity contribution in [2.45, 2.75) is 39.2 Å². The van der Waals surface area contributed by atoms with Gasteiger partial charge in [-0.05, 0) is 28.2 Å². The van der Waals surface area contributed by atoms with Gasteiger partial charge in [0.25, 0.3) is 0 Å². The van der Waals surface area contributed by atoms with E-state index in [-0.39, 0.29) is 37.3 Å². The van der Waals surface area contributed by atoms with Gasteiger partial charge in [-0.15, -0.1) is 0 Å². The number of hydrogen-bond donors (Lipinski definition) is 3. The van der Waals surface area contributed by atoms with Crippen LogP contribution in [0.5, 0.6) is 0 Å². The molecule has 1 aliphatic rings. The molecule has 0 saturated carbocycles. The molecule has 7 nitrogen and oxygen atoms in total. The minimum Gasteiger partial charge on any atom is -0.481 e. The minimum atomic E-state index is -0.964. The molecule has 2 amide bonds. The Morgan fingerprint density at radius 3 is 2.06 bits per heavy atom. The summed E-state index contributed by atoms with van der Waals surface area (Å²) in [6.45, 7) is 5.69. The molecule has 0 fully saturated rings. The van der Waals surface area contributed by atoms with E-state index in [1.807, 2.05) is 38.1 Å². The number of hydrogen-bond acceptors (Lipinski definition) is 4. The molecule has 2 unspecified atom stereocenters. The highest BCUT2D eigenvalue weighted by Gasteiger charge is 2.29. The van der Waals surface area contributed by atoms with E-state index < -0.39 is 24.0 Å². The van der Waals surface area contributed by atoms with Gasteiger partial charge in [-0.2, -0.15) is 0 Å². The van der Waals surface area contributed by atoms with Crippen molar-refractivity contribution in [3.05, 3.63) is 59.7 Å². The van der Waals surface area contributed by atoms with E-state index >= 15 is 0 Å². The van der Waals surface area contributed by atoms with Crippen LogP contribution in [-0.4, -0.2) is 42.3 Å². The third kappa shape index (κ3) is 5.46. The summed E-state index contributed by atoms with van der Waals surface area (Å²) in [5.41, 5.74) is 4.58. The Hall–Kier alpha value is -3.35. The highest BCUT2D eigenvalue weighted by atomic mass is 16.5. The summed E-state index contributed by atoms with van der Waals surface area (Å²) in [6, 6.07) is 15.7. The van der Waals surface area contributed by atoms with Crippen LogP contribution >= 0.6 is 0 Å². The lowest BCUT2D eigenvalue weighted by atomic mass is 9.98. The Kier molecular flexibility index (Phi) is 7.51. The number of carboxylic acids is 1. The number of rotatable bonds is 9. The third-order valence-electron chi connectivity index (χ3n) is 5.87. The van der Waals surface area contributed by atoms with Crippen molar-refractivity contribution in [1.29, 1.82) is 0 Å². The highest BCUT2D eigenvalue weighted by molar-refractivity contribution is 5.81. The average Bonchev–Trinajstić information content (AvgIpc) is 3.09. The predicted octanol–water partition coefficient (Wildman–Crippen LogP) is 3.78. The van der Waals surface area contributed by atoms with Gasteiger partial charge in [0.15, 0.2) is 0 Å². The number of ether oxygens (including phenoxy) is 1. The van der Waals surface area contributed by atoms with Crippen LogP contribution in [0.25, 0.3) is 11.1 Å². The molecule has 0 heterocycles. The van der Waals surface area contributed by atoms with E-state index in [4.69, 9.17) is 9.84 Å². The number of alkyl carbamates (subject to hydrolysis) is 1. The summed E-state index contributed by atoms with van der Waals surface area (Å²) < 4.78 is 5.48. The SMILES string of the molecule is CC(CNC(=O)OCC1c2ccccc2-c2ccccc21)C(=O)NC(CC(=O)O)C(C)C. The van der Waals surface area contributed by atoms with Crippen LogP contribution in [0.4, 0.5) is 4.79 Å². The predicted molar refractivity (Wildman–Crippen MR) is 121 cm³/mol. The number of carbonyl (C=O) groups excluding carboxylic acids is 2. The van der Waals surface area contributed by atoms with Crippen LogP contribution in [0.1, 0.15) is 44.2 Å². The van der Waals surface area contributed by atoms with Crippen molar-refractivity contribution in [3.63, 3.8) is 0 Å². The standard InChI is InChI=1S/C25H30N2O5/c1-15(2)22(12-23(28)29)27-24(30)16(3)13-26-25(31)32-14-21-19-10-6-4-8-17(19)18-9-5-7-11-20(18)21/h4-11,15-16,21-22H,12-14H2,1-3H3,(H,26,31)(H,27,30)(H,28,29). The Morgan fingerprint density at radius 2 is 1.53 bits per heavy atom. The molecule has 2 atom stereocenters. The van der Waals surface area contributed by atoms with Gasteiger partial charge in [0, 0.05) is 18.5 Å². The lowest BCUT2D eigenvalue weighted by Crippen LogP contribution is -2.45. The van der Waals surface area contributed by atoms with E-state index in [1.165, 1.54) is 0 Å². The van der Waals surface area contributed by atoms with Crippen LogP contribution in [-0.2, 0) is 14.3 Å². The zero-order chi connectivity index (χ0) is 23.3. The summed E-state index contributed by atoms with van der Waals surface area (Å²) in [4.78, 5) is 35.7. The fourth-order valence-corrected chi connectivity index (χ4v) is 3.95. The Balaban J connectivity index is 1.51. The maximum absolute atomic E-state index is 12.4. The normalized spacial score (nSPS) is 14.2. The largest absolute Gasteiger partial charge is 0.481 e. The van der Waals surface area contributed by atoms with E-state index in [1.54, 1.807) is 6.92 Å². The molecule has 0 bridgehead atoms. The zero-order valence-corrected chi connectivity index (χ0v) is 18.6. The quantitative estimate of drug-likeness (QED) is 0.553. The van der Waals surface area contributed by atoms with Gasteiger partial charge in [0.2, 0.25) is 5.91 Å². The molecule has 32 heavy (non-hydrogen) atoms. The van der Waals surface area contributed by atoms with E-state index in [2.05, 4.69) is 34.9 Å². The van der Waals surface area contributed by atoms with Gasteiger partial charge in [0.1, 0.15) is 6.61 Å². The molecule has 170 valence electrons. The first-order chi connectivity index (χ1) is 15.3. The molecular formula is C25H30N2O5. The topological polar surface area (TPSA) is 105 Å². The van der Waals surface area contributed by atoms with Crippen LogP contribution in [0, 0.1) is 11.8 Å². The summed E-state index contributed by atoms with van der Waals surface area (Å²) in [7, 11) is 0. The summed E-state index contributed by atoms with van der Waals surface area (Å²) >= 11 is 0. The molecule has 0 aliphatic heterocycles. The zero-order valence-electron chi connectivity index (χ0n) is 18.6. The van der Waals surface area contributed by atoms with Crippen LogP contribution in [0.2, 0.25) is 0 Å². The van der Waals surface area contributed by atoms with Crippen molar-refractivity contribution in [1.82, 2.24) is 10.6 Å². The van der Waals surface area contributed by atoms with Gasteiger partial charge in [0.05, 0.1) is 12.3 Å². The summed E-state index contributed by atoms with van der Waals surface area (Å²) in [6.07, 6.45) is -0.729. The molecule has 0 aromatic heterocycles. The Bertz CT molecular complexity index is 942. The van der Waals surface area contributed by atoms with Crippen molar-refractivity contribution in [2.24, 2.45) is 11.8 Å². The second kappa shape index (κ2) is 10.3. The van der Waals surface area contributed by atoms with Gasteiger partial charge in [-0.25, -0.2) is 4.79 Å². The van der Waals surface area contributed by atoms with E-state index in [0.717, 1.165) is 22.3 Å². The van der Waals surface area contributed by atoms with Crippen LogP contribution < -0.4 is 10.6 Å². The second-order valence-electron chi connectivity index (χ2n) is 8.56. The molecule has 1 aliphatic carbocycles. The molecule has 0 radical (unpaired) electrons. The molecule has 2 aromatic rings. The average molecular weight is 439 g/mol. The van der Waals surface area contributed by atoms with E-state index in [0.29, 0.717) is 0 Å². The number of nitrogens with one attached hydrogen (secondary N) is 2. The fourth-order valence-electron chi connectivity index (χ4n) is 3.95. The van der Waals surface area contributed by atoms with Crippen molar-refractivity contribution < 1.29 is 24.2 Å². The van der Waals surface area contributed by atoms with Crippen LogP contribution in [0.3, 0.4) is 0 Å². The highest BCUT2D eigenvalue weighted by Crippen LogP contribution is 2.44. The molecular weight excluding hydrogens is 408 g/mol.